The predicted octanol–water partition coefficient (Wildman–Crippen LogP) is 3.16. The topological polar surface area (TPSA) is 103 Å². The number of aliphatic hydroxyl groups is 1. The van der Waals surface area contributed by atoms with Crippen molar-refractivity contribution in [2.24, 2.45) is 0 Å². The average Bonchev–Trinajstić information content (AvgIpc) is 3.63. The standard InChI is InChI=1S/C23H26ClN3O5S/c24-16-6-4-15(5-7-16)19-14-32-20(11-22(29)30)23(31)27(19)17(13-28)12-26(33-18-8-9-18)21-3-1-2-10-25-21/h1-7,10,17-20,28H,8-9,11-14H2,(H,29,30)/t17-,19+,20-/m1/s1. The first kappa shape index (κ1) is 23.8. The summed E-state index contributed by atoms with van der Waals surface area (Å²) in [5, 5.41) is 20.7. The van der Waals surface area contributed by atoms with Crippen LogP contribution in [0.25, 0.3) is 0 Å². The number of carboxylic acids is 1. The molecule has 2 N–H and O–H groups in total. The molecule has 33 heavy (non-hydrogen) atoms. The number of carboxylic acid groups (broad SMARTS) is 1. The van der Waals surface area contributed by atoms with E-state index in [2.05, 4.69) is 4.98 Å². The number of halogens is 1. The number of benzene rings is 1. The van der Waals surface area contributed by atoms with Crippen LogP contribution in [0.1, 0.15) is 30.9 Å². The van der Waals surface area contributed by atoms with E-state index in [-0.39, 0.29) is 13.2 Å². The maximum absolute atomic E-state index is 13.4. The van der Waals surface area contributed by atoms with Crippen molar-refractivity contribution in [2.75, 3.05) is 24.1 Å². The number of pyridine rings is 1. The van der Waals surface area contributed by atoms with Gasteiger partial charge in [0.15, 0.2) is 0 Å². The van der Waals surface area contributed by atoms with Crippen molar-refractivity contribution in [1.82, 2.24) is 9.88 Å². The third kappa shape index (κ3) is 5.97. The van der Waals surface area contributed by atoms with Gasteiger partial charge in [0, 0.05) is 16.5 Å². The molecular formula is C23H26ClN3O5S. The van der Waals surface area contributed by atoms with Crippen molar-refractivity contribution < 1.29 is 24.5 Å². The molecule has 1 aliphatic carbocycles. The van der Waals surface area contributed by atoms with E-state index in [0.29, 0.717) is 16.8 Å². The Labute approximate surface area is 201 Å². The minimum absolute atomic E-state index is 0.126. The summed E-state index contributed by atoms with van der Waals surface area (Å²) >= 11 is 7.71. The second-order valence-electron chi connectivity index (χ2n) is 8.12. The van der Waals surface area contributed by atoms with Crippen molar-refractivity contribution >= 4 is 41.2 Å². The number of rotatable bonds is 10. The van der Waals surface area contributed by atoms with Gasteiger partial charge >= 0.3 is 5.97 Å². The summed E-state index contributed by atoms with van der Waals surface area (Å²) in [6, 6.07) is 11.7. The molecule has 2 aliphatic rings. The van der Waals surface area contributed by atoms with Gasteiger partial charge in [0.05, 0.1) is 38.3 Å². The van der Waals surface area contributed by atoms with Crippen LogP contribution in [-0.4, -0.2) is 69.1 Å². The first-order valence-electron chi connectivity index (χ1n) is 10.8. The minimum Gasteiger partial charge on any atom is -0.481 e. The fourth-order valence-corrected chi connectivity index (χ4v) is 5.14. The van der Waals surface area contributed by atoms with Crippen LogP contribution in [0.5, 0.6) is 0 Å². The second-order valence-corrected chi connectivity index (χ2v) is 9.88. The minimum atomic E-state index is -1.11. The molecule has 1 aliphatic heterocycles. The Bertz CT molecular complexity index is 960. The van der Waals surface area contributed by atoms with Gasteiger partial charge in [-0.25, -0.2) is 4.98 Å². The van der Waals surface area contributed by atoms with Gasteiger partial charge < -0.3 is 19.8 Å². The van der Waals surface area contributed by atoms with Gasteiger partial charge in [0.1, 0.15) is 11.9 Å². The molecule has 176 valence electrons. The number of anilines is 1. The number of nitrogens with zero attached hydrogens (tertiary/aromatic N) is 3. The monoisotopic (exact) mass is 491 g/mol. The summed E-state index contributed by atoms with van der Waals surface area (Å²) in [7, 11) is 0. The molecule has 0 spiro atoms. The Morgan fingerprint density at radius 2 is 2.03 bits per heavy atom. The molecule has 1 saturated carbocycles. The van der Waals surface area contributed by atoms with Gasteiger partial charge in [-0.15, -0.1) is 0 Å². The molecule has 0 unspecified atom stereocenters. The molecule has 8 nitrogen and oxygen atoms in total. The van der Waals surface area contributed by atoms with Crippen LogP contribution in [0.2, 0.25) is 5.02 Å². The highest BCUT2D eigenvalue weighted by Crippen LogP contribution is 2.39. The number of carbonyl (C=O) groups excluding carboxylic acids is 1. The van der Waals surface area contributed by atoms with Crippen LogP contribution in [0.3, 0.4) is 0 Å². The Morgan fingerprint density at radius 3 is 2.64 bits per heavy atom. The lowest BCUT2D eigenvalue weighted by Gasteiger charge is -2.44. The zero-order valence-corrected chi connectivity index (χ0v) is 19.5. The van der Waals surface area contributed by atoms with Gasteiger partial charge in [-0.3, -0.25) is 13.9 Å². The van der Waals surface area contributed by atoms with Crippen LogP contribution < -0.4 is 4.31 Å². The maximum atomic E-state index is 13.4. The summed E-state index contributed by atoms with van der Waals surface area (Å²) < 4.78 is 7.69. The molecule has 0 bridgehead atoms. The van der Waals surface area contributed by atoms with E-state index in [1.807, 2.05) is 34.6 Å². The molecule has 2 fully saturated rings. The highest BCUT2D eigenvalue weighted by molar-refractivity contribution is 8.01. The Morgan fingerprint density at radius 1 is 1.27 bits per heavy atom. The van der Waals surface area contributed by atoms with Crippen LogP contribution in [0.15, 0.2) is 48.7 Å². The Hall–Kier alpha value is -2.33. The molecule has 1 amide bonds. The molecule has 0 radical (unpaired) electrons. The number of aliphatic hydroxyl groups excluding tert-OH is 1. The largest absolute Gasteiger partial charge is 0.481 e. The molecular weight excluding hydrogens is 466 g/mol. The van der Waals surface area contributed by atoms with E-state index in [1.54, 1.807) is 35.2 Å². The normalized spacial score (nSPS) is 21.6. The zero-order valence-electron chi connectivity index (χ0n) is 17.9. The second kappa shape index (κ2) is 10.7. The molecule has 1 aromatic heterocycles. The number of carbonyl (C=O) groups is 2. The van der Waals surface area contributed by atoms with E-state index in [9.17, 15) is 19.8 Å². The molecule has 1 saturated heterocycles. The third-order valence-electron chi connectivity index (χ3n) is 5.62. The molecule has 3 atom stereocenters. The van der Waals surface area contributed by atoms with E-state index < -0.39 is 36.5 Å². The van der Waals surface area contributed by atoms with Crippen LogP contribution >= 0.6 is 23.5 Å². The molecule has 1 aromatic carbocycles. The fraction of sp³-hybridized carbons (Fsp3) is 0.435. The van der Waals surface area contributed by atoms with E-state index >= 15 is 0 Å². The summed E-state index contributed by atoms with van der Waals surface area (Å²) in [5.74, 6) is -0.808. The Balaban J connectivity index is 1.63. The number of hydrogen-bond donors (Lipinski definition) is 2. The SMILES string of the molecule is O=C(O)C[C@H]1OC[C@@H](c2ccc(Cl)cc2)N([C@@H](CO)CN(SC2CC2)c2ccccn2)C1=O. The third-order valence-corrected chi connectivity index (χ3v) is 7.23. The molecule has 10 heteroatoms. The summed E-state index contributed by atoms with van der Waals surface area (Å²) in [6.07, 6.45) is 2.41. The smallest absolute Gasteiger partial charge is 0.306 e. The fourth-order valence-electron chi connectivity index (χ4n) is 3.83. The van der Waals surface area contributed by atoms with Gasteiger partial charge in [-0.1, -0.05) is 29.8 Å². The number of hydrogen-bond acceptors (Lipinski definition) is 7. The number of ether oxygens (including phenoxy) is 1. The van der Waals surface area contributed by atoms with Crippen molar-refractivity contribution in [1.29, 1.82) is 0 Å². The van der Waals surface area contributed by atoms with E-state index in [4.69, 9.17) is 16.3 Å². The van der Waals surface area contributed by atoms with Crippen LogP contribution in [0, 0.1) is 0 Å². The van der Waals surface area contributed by atoms with E-state index in [0.717, 1.165) is 24.2 Å². The van der Waals surface area contributed by atoms with Gasteiger partial charge in [0.25, 0.3) is 5.91 Å². The Kier molecular flexibility index (Phi) is 7.75. The van der Waals surface area contributed by atoms with E-state index in [1.165, 1.54) is 0 Å². The summed E-state index contributed by atoms with van der Waals surface area (Å²) in [6.45, 7) is 0.176. The average molecular weight is 492 g/mol. The quantitative estimate of drug-likeness (QED) is 0.488. The van der Waals surface area contributed by atoms with Crippen molar-refractivity contribution in [3.8, 4) is 0 Å². The van der Waals surface area contributed by atoms with Gasteiger partial charge in [-0.05, 0) is 54.6 Å². The van der Waals surface area contributed by atoms with Crippen molar-refractivity contribution in [3.63, 3.8) is 0 Å². The highest BCUT2D eigenvalue weighted by atomic mass is 35.5. The molecule has 2 aromatic rings. The lowest BCUT2D eigenvalue weighted by atomic mass is 9.99. The number of aromatic nitrogens is 1. The zero-order chi connectivity index (χ0) is 23.4. The van der Waals surface area contributed by atoms with Crippen LogP contribution in [-0.2, 0) is 14.3 Å². The first-order valence-corrected chi connectivity index (χ1v) is 12.0. The van der Waals surface area contributed by atoms with Crippen molar-refractivity contribution in [3.05, 3.63) is 59.2 Å². The molecule has 4 rings (SSSR count). The maximum Gasteiger partial charge on any atom is 0.306 e. The lowest BCUT2D eigenvalue weighted by molar-refractivity contribution is -0.169. The summed E-state index contributed by atoms with van der Waals surface area (Å²) in [4.78, 5) is 30.8. The highest BCUT2D eigenvalue weighted by Gasteiger charge is 2.42. The van der Waals surface area contributed by atoms with Gasteiger partial charge in [0.2, 0.25) is 0 Å². The number of morpholine rings is 1. The van der Waals surface area contributed by atoms with Crippen molar-refractivity contribution in [2.45, 2.75) is 42.7 Å². The predicted molar refractivity (Wildman–Crippen MR) is 126 cm³/mol. The van der Waals surface area contributed by atoms with Gasteiger partial charge in [-0.2, -0.15) is 0 Å². The number of amides is 1. The lowest BCUT2D eigenvalue weighted by Crippen LogP contribution is -2.57. The summed E-state index contributed by atoms with van der Waals surface area (Å²) in [5.41, 5.74) is 0.805. The first-order chi connectivity index (χ1) is 16.0. The number of aliphatic carboxylic acids is 1. The van der Waals surface area contributed by atoms with Crippen LogP contribution in [0.4, 0.5) is 5.82 Å². The molecule has 2 heterocycles.